The molecule has 0 unspecified atom stereocenters. The van der Waals surface area contributed by atoms with Gasteiger partial charge in [-0.3, -0.25) is 4.79 Å². The molecule has 0 aliphatic carbocycles. The molecule has 0 saturated heterocycles. The number of carboxylic acid groups (broad SMARTS) is 1. The minimum absolute atomic E-state index is 0.132. The summed E-state index contributed by atoms with van der Waals surface area (Å²) in [5.74, 6) is -0.794. The number of imidazole rings is 1. The minimum Gasteiger partial charge on any atom is -0.481 e. The third kappa shape index (κ3) is 2.27. The number of aromatic nitrogens is 2. The van der Waals surface area contributed by atoms with Gasteiger partial charge in [-0.25, -0.2) is 4.98 Å². The fourth-order valence-electron chi connectivity index (χ4n) is 1.43. The van der Waals surface area contributed by atoms with Gasteiger partial charge in [-0.1, -0.05) is 6.07 Å². The second-order valence-corrected chi connectivity index (χ2v) is 3.63. The second kappa shape index (κ2) is 3.90. The Morgan fingerprint density at radius 1 is 1.53 bits per heavy atom. The average Bonchev–Trinajstić information content (AvgIpc) is 2.53. The van der Waals surface area contributed by atoms with Gasteiger partial charge in [0, 0.05) is 6.42 Å². The van der Waals surface area contributed by atoms with Crippen molar-refractivity contribution in [3.8, 4) is 0 Å². The minimum atomic E-state index is -0.794. The third-order valence-corrected chi connectivity index (χ3v) is 2.32. The lowest BCUT2D eigenvalue weighted by Crippen LogP contribution is -1.97. The molecule has 4 nitrogen and oxygen atoms in total. The molecule has 2 aromatic rings. The maximum Gasteiger partial charge on any atom is 0.303 e. The van der Waals surface area contributed by atoms with E-state index in [0.717, 1.165) is 16.6 Å². The van der Waals surface area contributed by atoms with E-state index >= 15 is 0 Å². The Labute approximate surface area is 90.9 Å². The molecule has 2 rings (SSSR count). The van der Waals surface area contributed by atoms with Crippen LogP contribution in [0.4, 0.5) is 0 Å². The molecule has 0 aliphatic heterocycles. The summed E-state index contributed by atoms with van der Waals surface area (Å²) in [4.78, 5) is 17.3. The summed E-state index contributed by atoms with van der Waals surface area (Å²) in [5, 5.41) is 8.90. The molecule has 15 heavy (non-hydrogen) atoms. The number of nitrogens with one attached hydrogen (secondary N) is 1. The summed E-state index contributed by atoms with van der Waals surface area (Å²) >= 11 is 5.70. The van der Waals surface area contributed by atoms with Crippen LogP contribution in [0.25, 0.3) is 11.0 Å². The van der Waals surface area contributed by atoms with Gasteiger partial charge in [0.2, 0.25) is 5.28 Å². The molecule has 0 saturated carbocycles. The molecule has 0 radical (unpaired) electrons. The molecule has 78 valence electrons. The van der Waals surface area contributed by atoms with Crippen LogP contribution < -0.4 is 0 Å². The zero-order valence-corrected chi connectivity index (χ0v) is 8.58. The molecule has 1 aromatic heterocycles. The van der Waals surface area contributed by atoms with Crippen LogP contribution in [-0.2, 0) is 11.2 Å². The maximum absolute atomic E-state index is 10.4. The van der Waals surface area contributed by atoms with E-state index in [1.807, 2.05) is 18.2 Å². The lowest BCUT2D eigenvalue weighted by Gasteiger charge is -1.97. The molecule has 2 N–H and O–H groups in total. The van der Waals surface area contributed by atoms with Crippen LogP contribution in [0, 0.1) is 0 Å². The molecule has 0 aliphatic rings. The van der Waals surface area contributed by atoms with Gasteiger partial charge in [0.25, 0.3) is 0 Å². The topological polar surface area (TPSA) is 66.0 Å². The first-order valence-corrected chi connectivity index (χ1v) is 4.89. The average molecular weight is 225 g/mol. The van der Waals surface area contributed by atoms with Crippen molar-refractivity contribution < 1.29 is 9.90 Å². The van der Waals surface area contributed by atoms with Crippen LogP contribution in [0.2, 0.25) is 5.28 Å². The summed E-state index contributed by atoms with van der Waals surface area (Å²) in [5.41, 5.74) is 2.59. The highest BCUT2D eigenvalue weighted by molar-refractivity contribution is 6.29. The Morgan fingerprint density at radius 3 is 3.07 bits per heavy atom. The molecule has 5 heteroatoms. The first-order chi connectivity index (χ1) is 7.15. The van der Waals surface area contributed by atoms with Gasteiger partial charge >= 0.3 is 5.97 Å². The summed E-state index contributed by atoms with van der Waals surface area (Å²) in [6.07, 6.45) is 0.648. The van der Waals surface area contributed by atoms with Gasteiger partial charge in [-0.05, 0) is 35.7 Å². The Bertz CT molecular complexity index is 507. The van der Waals surface area contributed by atoms with E-state index in [1.165, 1.54) is 0 Å². The van der Waals surface area contributed by atoms with Gasteiger partial charge in [0.05, 0.1) is 11.0 Å². The van der Waals surface area contributed by atoms with Crippen LogP contribution in [0.5, 0.6) is 0 Å². The second-order valence-electron chi connectivity index (χ2n) is 3.27. The molecule has 0 spiro atoms. The van der Waals surface area contributed by atoms with Crippen LogP contribution in [0.15, 0.2) is 18.2 Å². The Balaban J connectivity index is 2.26. The number of hydrogen-bond acceptors (Lipinski definition) is 2. The largest absolute Gasteiger partial charge is 0.481 e. The Hall–Kier alpha value is -1.55. The number of hydrogen-bond donors (Lipinski definition) is 2. The number of aromatic amines is 1. The fraction of sp³-hybridized carbons (Fsp3) is 0.200. The monoisotopic (exact) mass is 224 g/mol. The SMILES string of the molecule is O=C(O)CCc1ccc2nc(Cl)[nH]c2c1. The van der Waals surface area contributed by atoms with Gasteiger partial charge in [-0.15, -0.1) is 0 Å². The highest BCUT2D eigenvalue weighted by atomic mass is 35.5. The predicted octanol–water partition coefficient (Wildman–Crippen LogP) is 2.23. The summed E-state index contributed by atoms with van der Waals surface area (Å²) in [6, 6.07) is 5.56. The molecule has 0 fully saturated rings. The van der Waals surface area contributed by atoms with Gasteiger partial charge < -0.3 is 10.1 Å². The number of aryl methyl sites for hydroxylation is 1. The lowest BCUT2D eigenvalue weighted by atomic mass is 10.1. The molecule has 1 heterocycles. The zero-order chi connectivity index (χ0) is 10.8. The zero-order valence-electron chi connectivity index (χ0n) is 7.83. The van der Waals surface area contributed by atoms with E-state index in [2.05, 4.69) is 9.97 Å². The lowest BCUT2D eigenvalue weighted by molar-refractivity contribution is -0.136. The van der Waals surface area contributed by atoms with Crippen molar-refractivity contribution in [2.45, 2.75) is 12.8 Å². The Kier molecular flexibility index (Phi) is 2.60. The summed E-state index contributed by atoms with van der Waals surface area (Å²) in [7, 11) is 0. The molecular weight excluding hydrogens is 216 g/mol. The summed E-state index contributed by atoms with van der Waals surface area (Å²) in [6.45, 7) is 0. The first-order valence-electron chi connectivity index (χ1n) is 4.51. The van der Waals surface area contributed by atoms with Crippen molar-refractivity contribution in [2.24, 2.45) is 0 Å². The van der Waals surface area contributed by atoms with Crippen LogP contribution >= 0.6 is 11.6 Å². The van der Waals surface area contributed by atoms with Crippen LogP contribution in [0.3, 0.4) is 0 Å². The van der Waals surface area contributed by atoms with Crippen molar-refractivity contribution >= 4 is 28.6 Å². The van der Waals surface area contributed by atoms with Crippen molar-refractivity contribution in [1.29, 1.82) is 0 Å². The van der Waals surface area contributed by atoms with Gasteiger partial charge in [-0.2, -0.15) is 0 Å². The molecule has 0 bridgehead atoms. The molecule has 0 atom stereocenters. The van der Waals surface area contributed by atoms with Crippen molar-refractivity contribution in [3.63, 3.8) is 0 Å². The number of rotatable bonds is 3. The van der Waals surface area contributed by atoms with Crippen LogP contribution in [0.1, 0.15) is 12.0 Å². The van der Waals surface area contributed by atoms with Gasteiger partial charge in [0.1, 0.15) is 0 Å². The number of carboxylic acids is 1. The number of halogens is 1. The predicted molar refractivity (Wildman–Crippen MR) is 57.1 cm³/mol. The maximum atomic E-state index is 10.4. The third-order valence-electron chi connectivity index (χ3n) is 2.14. The van der Waals surface area contributed by atoms with Gasteiger partial charge in [0.15, 0.2) is 0 Å². The number of fused-ring (bicyclic) bond motifs is 1. The van der Waals surface area contributed by atoms with Crippen LogP contribution in [-0.4, -0.2) is 21.0 Å². The highest BCUT2D eigenvalue weighted by Crippen LogP contribution is 2.16. The van der Waals surface area contributed by atoms with E-state index in [1.54, 1.807) is 0 Å². The first kappa shape index (κ1) is 9.98. The standard InChI is InChI=1S/C10H9ClN2O2/c11-10-12-7-3-1-6(2-4-9(14)15)5-8(7)13-10/h1,3,5H,2,4H2,(H,12,13)(H,14,15). The Morgan fingerprint density at radius 2 is 2.33 bits per heavy atom. The quantitative estimate of drug-likeness (QED) is 0.840. The smallest absolute Gasteiger partial charge is 0.303 e. The number of benzene rings is 1. The number of H-pyrrole nitrogens is 1. The molecular formula is C10H9ClN2O2. The van der Waals surface area contributed by atoms with Crippen molar-refractivity contribution in [2.75, 3.05) is 0 Å². The van der Waals surface area contributed by atoms with E-state index in [-0.39, 0.29) is 6.42 Å². The van der Waals surface area contributed by atoms with E-state index < -0.39 is 5.97 Å². The fourth-order valence-corrected chi connectivity index (χ4v) is 1.63. The normalized spacial score (nSPS) is 10.7. The summed E-state index contributed by atoms with van der Waals surface area (Å²) < 4.78 is 0. The van der Waals surface area contributed by atoms with E-state index in [9.17, 15) is 4.79 Å². The van der Waals surface area contributed by atoms with E-state index in [0.29, 0.717) is 11.7 Å². The number of aliphatic carboxylic acids is 1. The highest BCUT2D eigenvalue weighted by Gasteiger charge is 2.03. The number of nitrogens with zero attached hydrogens (tertiary/aromatic N) is 1. The molecule has 1 aromatic carbocycles. The van der Waals surface area contributed by atoms with Crippen molar-refractivity contribution in [1.82, 2.24) is 9.97 Å². The molecule has 0 amide bonds. The van der Waals surface area contributed by atoms with E-state index in [4.69, 9.17) is 16.7 Å². The number of carbonyl (C=O) groups is 1. The van der Waals surface area contributed by atoms with Crippen molar-refractivity contribution in [3.05, 3.63) is 29.0 Å².